The van der Waals surface area contributed by atoms with Gasteiger partial charge in [-0.15, -0.1) is 5.10 Å². The molecule has 6 rings (SSSR count). The van der Waals surface area contributed by atoms with Gasteiger partial charge in [-0.05, 0) is 70.8 Å². The van der Waals surface area contributed by atoms with Crippen molar-refractivity contribution >= 4 is 29.3 Å². The molecule has 1 atom stereocenters. The highest BCUT2D eigenvalue weighted by atomic mass is 35.5. The fraction of sp³-hybridized carbons (Fsp3) is 0.229. The van der Waals surface area contributed by atoms with E-state index >= 15 is 0 Å². The molecule has 5 aromatic rings. The first-order chi connectivity index (χ1) is 21.5. The lowest BCUT2D eigenvalue weighted by Gasteiger charge is -2.38. The highest BCUT2D eigenvalue weighted by Crippen LogP contribution is 2.35. The molecule has 0 radical (unpaired) electrons. The molecule has 0 aliphatic carbocycles. The second kappa shape index (κ2) is 13.7. The zero-order chi connectivity index (χ0) is 30.5. The first-order valence-electron chi connectivity index (χ1n) is 14.7. The summed E-state index contributed by atoms with van der Waals surface area (Å²) >= 11 is 12.4. The van der Waals surface area contributed by atoms with Gasteiger partial charge >= 0.3 is 0 Å². The third kappa shape index (κ3) is 6.87. The summed E-state index contributed by atoms with van der Waals surface area (Å²) in [5.41, 5.74) is 5.49. The average molecular weight is 626 g/mol. The molecule has 1 saturated heterocycles. The Kier molecular flexibility index (Phi) is 9.38. The molecule has 1 aliphatic rings. The summed E-state index contributed by atoms with van der Waals surface area (Å²) in [6.07, 6.45) is 4.43. The number of hydrogen-bond donors (Lipinski definition) is 0. The number of para-hydroxylation sites is 1. The Labute approximate surface area is 268 Å². The smallest absolute Gasteiger partial charge is 0.178 e. The van der Waals surface area contributed by atoms with E-state index in [1.54, 1.807) is 12.1 Å². The second-order valence-corrected chi connectivity index (χ2v) is 11.8. The van der Waals surface area contributed by atoms with Gasteiger partial charge in [-0.25, -0.2) is 0 Å². The number of aromatic nitrogens is 4. The van der Waals surface area contributed by atoms with Gasteiger partial charge in [0.25, 0.3) is 0 Å². The number of nitrogens with zero attached hydrogens (tertiary/aromatic N) is 6. The summed E-state index contributed by atoms with van der Waals surface area (Å²) in [4.78, 5) is 4.94. The number of halogens is 2. The van der Waals surface area contributed by atoms with E-state index in [1.165, 1.54) is 5.56 Å². The second-order valence-electron chi connectivity index (χ2n) is 11.0. The minimum absolute atomic E-state index is 0.191. The van der Waals surface area contributed by atoms with Crippen molar-refractivity contribution in [1.29, 1.82) is 0 Å². The van der Waals surface area contributed by atoms with E-state index in [1.807, 2.05) is 28.9 Å². The van der Waals surface area contributed by atoms with Gasteiger partial charge in [0.1, 0.15) is 11.5 Å². The Morgan fingerprint density at radius 3 is 2.27 bits per heavy atom. The summed E-state index contributed by atoms with van der Waals surface area (Å²) in [5, 5.41) is 14.2. The lowest BCUT2D eigenvalue weighted by atomic mass is 10.0. The van der Waals surface area contributed by atoms with Crippen molar-refractivity contribution in [3.8, 4) is 17.2 Å². The molecule has 9 heteroatoms. The van der Waals surface area contributed by atoms with Gasteiger partial charge in [0.2, 0.25) is 0 Å². The van der Waals surface area contributed by atoms with Crippen LogP contribution in [0.2, 0.25) is 10.0 Å². The standard InChI is InChI=1S/C35H34Cl2N6O/c1-25-9-6-10-26(2)33(25)43-35(38-39-40-43)34(28-14-7-15-29(23-28)44-30-16-17-31(36)32(37)24-30)42-21-19-41(20-22-42)18-8-13-27-11-4-3-5-12-27/h3-17,23-24,34H,18-22H2,1-2H3. The lowest BCUT2D eigenvalue weighted by Crippen LogP contribution is -2.48. The molecule has 0 bridgehead atoms. The number of rotatable bonds is 9. The van der Waals surface area contributed by atoms with Crippen LogP contribution in [0.5, 0.6) is 11.5 Å². The fourth-order valence-corrected chi connectivity index (χ4v) is 6.01. The predicted octanol–water partition coefficient (Wildman–Crippen LogP) is 7.80. The molecule has 0 saturated carbocycles. The maximum Gasteiger partial charge on any atom is 0.178 e. The predicted molar refractivity (Wildman–Crippen MR) is 177 cm³/mol. The van der Waals surface area contributed by atoms with Crippen molar-refractivity contribution in [3.63, 3.8) is 0 Å². The molecule has 4 aromatic carbocycles. The summed E-state index contributed by atoms with van der Waals surface area (Å²) < 4.78 is 8.12. The Bertz CT molecular complexity index is 1730. The highest BCUT2D eigenvalue weighted by Gasteiger charge is 2.31. The molecule has 0 spiro atoms. The molecule has 1 aromatic heterocycles. The van der Waals surface area contributed by atoms with Crippen LogP contribution < -0.4 is 4.74 Å². The van der Waals surface area contributed by atoms with Gasteiger partial charge in [0.05, 0.1) is 21.8 Å². The van der Waals surface area contributed by atoms with Crippen LogP contribution in [0, 0.1) is 13.8 Å². The molecule has 44 heavy (non-hydrogen) atoms. The van der Waals surface area contributed by atoms with Gasteiger partial charge in [-0.3, -0.25) is 9.80 Å². The molecule has 224 valence electrons. The van der Waals surface area contributed by atoms with Gasteiger partial charge < -0.3 is 4.74 Å². The first-order valence-corrected chi connectivity index (χ1v) is 15.5. The average Bonchev–Trinajstić information content (AvgIpc) is 3.49. The highest BCUT2D eigenvalue weighted by molar-refractivity contribution is 6.42. The zero-order valence-corrected chi connectivity index (χ0v) is 26.3. The van der Waals surface area contributed by atoms with E-state index in [9.17, 15) is 0 Å². The molecule has 0 amide bonds. The number of ether oxygens (including phenoxy) is 1. The van der Waals surface area contributed by atoms with Crippen molar-refractivity contribution < 1.29 is 4.74 Å². The third-order valence-electron chi connectivity index (χ3n) is 7.94. The van der Waals surface area contributed by atoms with Crippen LogP contribution >= 0.6 is 23.2 Å². The van der Waals surface area contributed by atoms with Gasteiger partial charge in [-0.2, -0.15) is 4.68 Å². The molecule has 1 fully saturated rings. The molecule has 7 nitrogen and oxygen atoms in total. The van der Waals surface area contributed by atoms with Gasteiger partial charge in [0, 0.05) is 38.8 Å². The quantitative estimate of drug-likeness (QED) is 0.167. The van der Waals surface area contributed by atoms with E-state index in [-0.39, 0.29) is 6.04 Å². The van der Waals surface area contributed by atoms with Gasteiger partial charge in [0.15, 0.2) is 5.82 Å². The SMILES string of the molecule is Cc1cccc(C)c1-n1nnnc1C(c1cccc(Oc2ccc(Cl)c(Cl)c2)c1)N1CCN(CC=Cc2ccccc2)CC1. The van der Waals surface area contributed by atoms with Crippen molar-refractivity contribution in [3.05, 3.63) is 135 Å². The molecule has 1 aliphatic heterocycles. The number of piperazine rings is 1. The van der Waals surface area contributed by atoms with Gasteiger partial charge in [-0.1, -0.05) is 96.0 Å². The van der Waals surface area contributed by atoms with E-state index in [0.29, 0.717) is 21.5 Å². The summed E-state index contributed by atoms with van der Waals surface area (Å²) in [6.45, 7) is 8.68. The third-order valence-corrected chi connectivity index (χ3v) is 8.67. The van der Waals surface area contributed by atoms with Crippen molar-refractivity contribution in [1.82, 2.24) is 30.0 Å². The van der Waals surface area contributed by atoms with Crippen LogP contribution in [0.4, 0.5) is 0 Å². The minimum Gasteiger partial charge on any atom is -0.457 e. The zero-order valence-electron chi connectivity index (χ0n) is 24.8. The minimum atomic E-state index is -0.191. The Balaban J connectivity index is 1.29. The van der Waals surface area contributed by atoms with Crippen LogP contribution in [0.3, 0.4) is 0 Å². The largest absolute Gasteiger partial charge is 0.457 e. The Hall–Kier alpha value is -4.01. The van der Waals surface area contributed by atoms with Crippen LogP contribution in [-0.4, -0.2) is 62.7 Å². The van der Waals surface area contributed by atoms with Crippen molar-refractivity contribution in [2.24, 2.45) is 0 Å². The Morgan fingerprint density at radius 2 is 1.52 bits per heavy atom. The summed E-state index contributed by atoms with van der Waals surface area (Å²) in [7, 11) is 0. The van der Waals surface area contributed by atoms with E-state index in [2.05, 4.69) is 106 Å². The van der Waals surface area contributed by atoms with Crippen molar-refractivity contribution in [2.45, 2.75) is 19.9 Å². The summed E-state index contributed by atoms with van der Waals surface area (Å²) in [6, 6.07) is 29.9. The maximum atomic E-state index is 6.25. The maximum absolute atomic E-state index is 6.25. The Morgan fingerprint density at radius 1 is 0.795 bits per heavy atom. The van der Waals surface area contributed by atoms with Crippen LogP contribution in [0.25, 0.3) is 11.8 Å². The number of benzene rings is 4. The number of aryl methyl sites for hydroxylation is 2. The normalized spacial score (nSPS) is 15.1. The van der Waals surface area contributed by atoms with Crippen LogP contribution in [0.15, 0.2) is 97.1 Å². The molecule has 0 N–H and O–H groups in total. The van der Waals surface area contributed by atoms with E-state index in [4.69, 9.17) is 27.9 Å². The first kappa shape index (κ1) is 30.0. The van der Waals surface area contributed by atoms with E-state index < -0.39 is 0 Å². The topological polar surface area (TPSA) is 59.3 Å². The molecule has 2 heterocycles. The van der Waals surface area contributed by atoms with Crippen molar-refractivity contribution in [2.75, 3.05) is 32.7 Å². The molecular weight excluding hydrogens is 591 g/mol. The van der Waals surface area contributed by atoms with E-state index in [0.717, 1.165) is 60.9 Å². The monoisotopic (exact) mass is 624 g/mol. The lowest BCUT2D eigenvalue weighted by molar-refractivity contribution is 0.113. The molecular formula is C35H34Cl2N6O. The van der Waals surface area contributed by atoms with Crippen LogP contribution in [0.1, 0.15) is 34.1 Å². The summed E-state index contributed by atoms with van der Waals surface area (Å²) in [5.74, 6) is 2.08. The number of tetrazole rings is 1. The van der Waals surface area contributed by atoms with Crippen LogP contribution in [-0.2, 0) is 0 Å². The fourth-order valence-electron chi connectivity index (χ4n) is 5.72. The number of hydrogen-bond acceptors (Lipinski definition) is 6. The molecule has 1 unspecified atom stereocenters.